The van der Waals surface area contributed by atoms with Gasteiger partial charge in [-0.25, -0.2) is 0 Å². The van der Waals surface area contributed by atoms with Crippen LogP contribution in [0.3, 0.4) is 0 Å². The molecule has 0 bridgehead atoms. The van der Waals surface area contributed by atoms with Crippen LogP contribution in [0.1, 0.15) is 23.2 Å². The Morgan fingerprint density at radius 1 is 1.05 bits per heavy atom. The predicted molar refractivity (Wildman–Crippen MR) is 81.2 cm³/mol. The van der Waals surface area contributed by atoms with Crippen molar-refractivity contribution < 1.29 is 9.59 Å². The van der Waals surface area contributed by atoms with Crippen LogP contribution in [0.15, 0.2) is 49.1 Å². The number of nitrogens with zero attached hydrogens (tertiary/aromatic N) is 3. The molecule has 112 valence electrons. The predicted octanol–water partition coefficient (Wildman–Crippen LogP) is 1.72. The van der Waals surface area contributed by atoms with Gasteiger partial charge in [0.25, 0.3) is 5.91 Å². The van der Waals surface area contributed by atoms with E-state index in [2.05, 4.69) is 15.3 Å². The molecule has 3 rings (SSSR count). The zero-order valence-electron chi connectivity index (χ0n) is 12.0. The van der Waals surface area contributed by atoms with Gasteiger partial charge in [-0.3, -0.25) is 19.6 Å². The van der Waals surface area contributed by atoms with Crippen molar-refractivity contribution in [1.82, 2.24) is 14.9 Å². The molecule has 2 aromatic rings. The highest BCUT2D eigenvalue weighted by molar-refractivity contribution is 6.01. The van der Waals surface area contributed by atoms with E-state index in [-0.39, 0.29) is 11.8 Å². The van der Waals surface area contributed by atoms with E-state index in [0.29, 0.717) is 24.2 Å². The third kappa shape index (κ3) is 2.95. The Hall–Kier alpha value is -2.76. The van der Waals surface area contributed by atoms with Crippen LogP contribution >= 0.6 is 0 Å². The van der Waals surface area contributed by atoms with Crippen molar-refractivity contribution in [2.24, 2.45) is 0 Å². The van der Waals surface area contributed by atoms with Crippen LogP contribution in [-0.4, -0.2) is 39.3 Å². The fourth-order valence-corrected chi connectivity index (χ4v) is 2.60. The molecule has 1 N–H and O–H groups in total. The van der Waals surface area contributed by atoms with Gasteiger partial charge in [0, 0.05) is 42.6 Å². The van der Waals surface area contributed by atoms with E-state index >= 15 is 0 Å². The number of rotatable bonds is 3. The average Bonchev–Trinajstić information content (AvgIpc) is 3.05. The number of amides is 2. The van der Waals surface area contributed by atoms with Gasteiger partial charge in [0.1, 0.15) is 6.04 Å². The van der Waals surface area contributed by atoms with Crippen molar-refractivity contribution >= 4 is 17.5 Å². The maximum Gasteiger partial charge on any atom is 0.254 e. The molecule has 6 heteroatoms. The van der Waals surface area contributed by atoms with Gasteiger partial charge in [-0.05, 0) is 37.1 Å². The molecule has 2 amide bonds. The molecule has 0 saturated carbocycles. The van der Waals surface area contributed by atoms with Crippen molar-refractivity contribution in [3.05, 3.63) is 54.6 Å². The van der Waals surface area contributed by atoms with Crippen LogP contribution < -0.4 is 5.32 Å². The van der Waals surface area contributed by atoms with E-state index in [4.69, 9.17) is 0 Å². The highest BCUT2D eigenvalue weighted by Crippen LogP contribution is 2.21. The standard InChI is InChI=1S/C16H16N4O2/c21-15(19-13-5-9-18-10-6-13)14-2-1-11-20(14)16(22)12-3-7-17-8-4-12/h3-10,14H,1-2,11H2,(H,18,19,21)/t14-/m0/s1. The van der Waals surface area contributed by atoms with Gasteiger partial charge in [0.05, 0.1) is 0 Å². The Morgan fingerprint density at radius 3 is 2.36 bits per heavy atom. The number of carbonyl (C=O) groups is 2. The monoisotopic (exact) mass is 296 g/mol. The van der Waals surface area contributed by atoms with Crippen molar-refractivity contribution in [2.45, 2.75) is 18.9 Å². The van der Waals surface area contributed by atoms with Crippen LogP contribution in [0.25, 0.3) is 0 Å². The lowest BCUT2D eigenvalue weighted by Crippen LogP contribution is -2.43. The molecule has 2 aromatic heterocycles. The second kappa shape index (κ2) is 6.34. The van der Waals surface area contributed by atoms with E-state index < -0.39 is 6.04 Å². The summed E-state index contributed by atoms with van der Waals surface area (Å²) in [5.41, 5.74) is 1.24. The normalized spacial score (nSPS) is 17.3. The second-order valence-corrected chi connectivity index (χ2v) is 5.12. The quantitative estimate of drug-likeness (QED) is 0.935. The summed E-state index contributed by atoms with van der Waals surface area (Å²) in [5, 5.41) is 2.83. The molecule has 3 heterocycles. The summed E-state index contributed by atoms with van der Waals surface area (Å²) < 4.78 is 0. The number of aromatic nitrogens is 2. The molecule has 6 nitrogen and oxygen atoms in total. The fraction of sp³-hybridized carbons (Fsp3) is 0.250. The molecule has 1 atom stereocenters. The van der Waals surface area contributed by atoms with Crippen molar-refractivity contribution in [3.63, 3.8) is 0 Å². The zero-order chi connectivity index (χ0) is 15.4. The van der Waals surface area contributed by atoms with E-state index in [1.165, 1.54) is 0 Å². The Morgan fingerprint density at radius 2 is 1.68 bits per heavy atom. The van der Waals surface area contributed by atoms with Gasteiger partial charge in [0.15, 0.2) is 0 Å². The average molecular weight is 296 g/mol. The third-order valence-electron chi connectivity index (χ3n) is 3.69. The zero-order valence-corrected chi connectivity index (χ0v) is 12.0. The van der Waals surface area contributed by atoms with Crippen LogP contribution in [-0.2, 0) is 4.79 Å². The van der Waals surface area contributed by atoms with Gasteiger partial charge in [0.2, 0.25) is 5.91 Å². The molecule has 1 aliphatic heterocycles. The summed E-state index contributed by atoms with van der Waals surface area (Å²) in [4.78, 5) is 34.4. The highest BCUT2D eigenvalue weighted by Gasteiger charge is 2.34. The number of nitrogens with one attached hydrogen (secondary N) is 1. The minimum absolute atomic E-state index is 0.130. The molecule has 1 aliphatic rings. The molecule has 1 saturated heterocycles. The number of hydrogen-bond acceptors (Lipinski definition) is 4. The molecule has 0 unspecified atom stereocenters. The summed E-state index contributed by atoms with van der Waals surface area (Å²) in [5.74, 6) is -0.291. The Balaban J connectivity index is 1.73. The van der Waals surface area contributed by atoms with Crippen molar-refractivity contribution in [2.75, 3.05) is 11.9 Å². The van der Waals surface area contributed by atoms with E-state index in [0.717, 1.165) is 6.42 Å². The number of anilines is 1. The molecular formula is C16H16N4O2. The van der Waals surface area contributed by atoms with E-state index in [9.17, 15) is 9.59 Å². The Kier molecular flexibility index (Phi) is 4.09. The van der Waals surface area contributed by atoms with Gasteiger partial charge in [-0.1, -0.05) is 0 Å². The number of carbonyl (C=O) groups excluding carboxylic acids is 2. The second-order valence-electron chi connectivity index (χ2n) is 5.12. The minimum Gasteiger partial charge on any atom is -0.327 e. The van der Waals surface area contributed by atoms with Crippen LogP contribution in [0, 0.1) is 0 Å². The first-order valence-electron chi connectivity index (χ1n) is 7.17. The third-order valence-corrected chi connectivity index (χ3v) is 3.69. The molecule has 0 spiro atoms. The van der Waals surface area contributed by atoms with Gasteiger partial charge in [-0.15, -0.1) is 0 Å². The van der Waals surface area contributed by atoms with Crippen LogP contribution in [0.4, 0.5) is 5.69 Å². The SMILES string of the molecule is O=C(Nc1ccncc1)[C@@H]1CCCN1C(=O)c1ccncc1. The maximum absolute atomic E-state index is 12.5. The Bertz CT molecular complexity index is 660. The minimum atomic E-state index is -0.436. The van der Waals surface area contributed by atoms with Crippen LogP contribution in [0.2, 0.25) is 0 Å². The molecule has 22 heavy (non-hydrogen) atoms. The molecule has 1 fully saturated rings. The summed E-state index contributed by atoms with van der Waals surface area (Å²) >= 11 is 0. The first-order chi connectivity index (χ1) is 10.8. The van der Waals surface area contributed by atoms with E-state index in [1.54, 1.807) is 54.0 Å². The van der Waals surface area contributed by atoms with Crippen LogP contribution in [0.5, 0.6) is 0 Å². The largest absolute Gasteiger partial charge is 0.327 e. The van der Waals surface area contributed by atoms with Crippen molar-refractivity contribution in [1.29, 1.82) is 0 Å². The number of pyridine rings is 2. The highest BCUT2D eigenvalue weighted by atomic mass is 16.2. The topological polar surface area (TPSA) is 75.2 Å². The first-order valence-corrected chi connectivity index (χ1v) is 7.17. The summed E-state index contributed by atoms with van der Waals surface area (Å²) in [7, 11) is 0. The van der Waals surface area contributed by atoms with Crippen molar-refractivity contribution in [3.8, 4) is 0 Å². The molecule has 0 aliphatic carbocycles. The summed E-state index contributed by atoms with van der Waals surface area (Å²) in [6, 6.07) is 6.34. The van der Waals surface area contributed by atoms with Gasteiger partial charge in [-0.2, -0.15) is 0 Å². The lowest BCUT2D eigenvalue weighted by molar-refractivity contribution is -0.119. The molecule has 0 radical (unpaired) electrons. The lowest BCUT2D eigenvalue weighted by Gasteiger charge is -2.24. The van der Waals surface area contributed by atoms with E-state index in [1.807, 2.05) is 0 Å². The Labute approximate surface area is 128 Å². The molecule has 0 aromatic carbocycles. The van der Waals surface area contributed by atoms with Gasteiger partial charge < -0.3 is 10.2 Å². The molecular weight excluding hydrogens is 280 g/mol. The number of hydrogen-bond donors (Lipinski definition) is 1. The fourth-order valence-electron chi connectivity index (χ4n) is 2.60. The maximum atomic E-state index is 12.5. The van der Waals surface area contributed by atoms with Gasteiger partial charge >= 0.3 is 0 Å². The number of likely N-dealkylation sites (tertiary alicyclic amines) is 1. The smallest absolute Gasteiger partial charge is 0.254 e. The first kappa shape index (κ1) is 14.2. The summed E-state index contributed by atoms with van der Waals surface area (Å²) in [6.07, 6.45) is 7.89. The lowest BCUT2D eigenvalue weighted by atomic mass is 10.1. The summed E-state index contributed by atoms with van der Waals surface area (Å²) in [6.45, 7) is 0.593.